The van der Waals surface area contributed by atoms with E-state index in [4.69, 9.17) is 15.1 Å². The summed E-state index contributed by atoms with van der Waals surface area (Å²) in [6.07, 6.45) is 8.61. The molecule has 6 rings (SSSR count). The number of nitrogen functional groups attached to an aromatic ring is 1. The Morgan fingerprint density at radius 1 is 1.13 bits per heavy atom. The van der Waals surface area contributed by atoms with Crippen LogP contribution in [0.25, 0.3) is 11.2 Å². The fraction of sp³-hybridized carbons (Fsp3) is 0.355. The van der Waals surface area contributed by atoms with Crippen molar-refractivity contribution in [3.8, 4) is 0 Å². The van der Waals surface area contributed by atoms with Crippen molar-refractivity contribution in [2.45, 2.75) is 44.9 Å². The number of nitrogens with zero attached hydrogens (tertiary/aromatic N) is 5. The fourth-order valence-electron chi connectivity index (χ4n) is 5.22. The molecule has 1 fully saturated rings. The number of imidazole rings is 1. The van der Waals surface area contributed by atoms with Crippen LogP contribution in [0, 0.1) is 11.8 Å². The van der Waals surface area contributed by atoms with Crippen LogP contribution >= 0.6 is 7.75 Å². The molecule has 2 aliphatic carbocycles. The van der Waals surface area contributed by atoms with Crippen LogP contribution in [-0.4, -0.2) is 49.5 Å². The molecule has 0 spiro atoms. The van der Waals surface area contributed by atoms with Gasteiger partial charge in [0.15, 0.2) is 17.0 Å². The molecule has 0 bridgehead atoms. The molecule has 2 heterocycles. The van der Waals surface area contributed by atoms with Crippen molar-refractivity contribution >= 4 is 42.3 Å². The molecule has 0 aliphatic heterocycles. The molecule has 1 unspecified atom stereocenters. The van der Waals surface area contributed by atoms with Gasteiger partial charge >= 0.3 is 7.75 Å². The number of nitrogens with one attached hydrogen (secondary N) is 2. The molecular formula is C31H37N8O5P. The molecule has 0 saturated heterocycles. The summed E-state index contributed by atoms with van der Waals surface area (Å²) >= 11 is 0. The third-order valence-corrected chi connectivity index (χ3v) is 8.87. The van der Waals surface area contributed by atoms with Crippen LogP contribution in [0.2, 0.25) is 0 Å². The molecule has 13 nitrogen and oxygen atoms in total. The van der Waals surface area contributed by atoms with Gasteiger partial charge in [-0.15, -0.1) is 0 Å². The Morgan fingerprint density at radius 3 is 2.60 bits per heavy atom. The summed E-state index contributed by atoms with van der Waals surface area (Å²) in [5.74, 6) is 0.539. The highest BCUT2D eigenvalue weighted by Gasteiger charge is 2.32. The summed E-state index contributed by atoms with van der Waals surface area (Å²) in [7, 11) is -4.49. The molecule has 1 amide bonds. The van der Waals surface area contributed by atoms with Gasteiger partial charge in [0, 0.05) is 12.5 Å². The van der Waals surface area contributed by atoms with Crippen LogP contribution < -0.4 is 21.2 Å². The minimum atomic E-state index is -4.49. The van der Waals surface area contributed by atoms with Crippen LogP contribution in [0.3, 0.4) is 0 Å². The Kier molecular flexibility index (Phi) is 9.13. The number of aromatic nitrogens is 4. The van der Waals surface area contributed by atoms with E-state index >= 15 is 0 Å². The monoisotopic (exact) mass is 632 g/mol. The maximum Gasteiger partial charge on any atom is 0.432 e. The van der Waals surface area contributed by atoms with E-state index in [0.717, 1.165) is 12.1 Å². The number of para-hydroxylation sites is 1. The summed E-state index contributed by atoms with van der Waals surface area (Å²) in [6.45, 7) is 2.55. The predicted molar refractivity (Wildman–Crippen MR) is 171 cm³/mol. The van der Waals surface area contributed by atoms with Crippen molar-refractivity contribution in [2.24, 2.45) is 11.8 Å². The Hall–Kier alpha value is -4.29. The standard InChI is InChI=1S/C31H37N8O5P/c1-21(39(25-10-6-3-7-11-25)43-18-23-8-4-2-5-9-23)30(40)37-45(41,42)44-19-24-14-15-26(16-24)38-20-34-27-28(33-17-22-12-13-22)35-31(32)36-29(27)38/h2-11,14-15,20-22,24,26H,12-13,16-19H2,1H3,(H3,32,33,35,36)(H2,37,40,41,42)/t21-,24+,26-/m0/s1. The lowest BCUT2D eigenvalue weighted by Gasteiger charge is -2.30. The average Bonchev–Trinajstić information content (AvgIpc) is 3.58. The van der Waals surface area contributed by atoms with Gasteiger partial charge in [-0.2, -0.15) is 9.97 Å². The third kappa shape index (κ3) is 7.69. The van der Waals surface area contributed by atoms with E-state index in [1.54, 1.807) is 25.4 Å². The van der Waals surface area contributed by atoms with Crippen LogP contribution in [0.4, 0.5) is 17.5 Å². The maximum atomic E-state index is 13.2. The number of hydrogen-bond acceptors (Lipinski definition) is 10. The highest BCUT2D eigenvalue weighted by atomic mass is 31.2. The van der Waals surface area contributed by atoms with Crippen molar-refractivity contribution in [2.75, 3.05) is 29.3 Å². The number of rotatable bonds is 14. The molecule has 2 aromatic carbocycles. The van der Waals surface area contributed by atoms with E-state index < -0.39 is 19.7 Å². The second-order valence-electron chi connectivity index (χ2n) is 11.4. The Labute approximate surface area is 261 Å². The van der Waals surface area contributed by atoms with E-state index in [1.807, 2.05) is 65.3 Å². The number of benzene rings is 2. The lowest BCUT2D eigenvalue weighted by atomic mass is 10.1. The highest BCUT2D eigenvalue weighted by Crippen LogP contribution is 2.40. The molecule has 4 aromatic rings. The Balaban J connectivity index is 1.05. The summed E-state index contributed by atoms with van der Waals surface area (Å²) in [4.78, 5) is 43.0. The largest absolute Gasteiger partial charge is 0.432 e. The highest BCUT2D eigenvalue weighted by molar-refractivity contribution is 7.51. The van der Waals surface area contributed by atoms with Gasteiger partial charge < -0.3 is 20.5 Å². The zero-order valence-electron chi connectivity index (χ0n) is 24.9. The van der Waals surface area contributed by atoms with E-state index in [9.17, 15) is 14.3 Å². The number of amides is 1. The van der Waals surface area contributed by atoms with Crippen molar-refractivity contribution < 1.29 is 23.6 Å². The SMILES string of the molecule is C[C@@H](C(=O)NP(=O)(O)OC[C@@H]1C=C[C@H](n2cnc3c(NCC4CC4)nc(N)nc32)C1)N(OCc1ccccc1)c1ccccc1. The average molecular weight is 633 g/mol. The molecule has 1 saturated carbocycles. The zero-order chi connectivity index (χ0) is 31.4. The van der Waals surface area contributed by atoms with Crippen LogP contribution in [0.1, 0.15) is 37.8 Å². The number of allylic oxidation sites excluding steroid dienone is 1. The number of carbonyl (C=O) groups excluding carboxylic acids is 1. The lowest BCUT2D eigenvalue weighted by Crippen LogP contribution is -2.44. The molecule has 0 radical (unpaired) electrons. The lowest BCUT2D eigenvalue weighted by molar-refractivity contribution is -0.122. The first-order valence-electron chi connectivity index (χ1n) is 15.0. The quantitative estimate of drug-likeness (QED) is 0.0870. The number of anilines is 3. The fourth-order valence-corrected chi connectivity index (χ4v) is 6.14. The summed E-state index contributed by atoms with van der Waals surface area (Å²) < 4.78 is 20.3. The van der Waals surface area contributed by atoms with E-state index in [-0.39, 0.29) is 31.1 Å². The Morgan fingerprint density at radius 2 is 1.87 bits per heavy atom. The first-order chi connectivity index (χ1) is 21.8. The van der Waals surface area contributed by atoms with Crippen molar-refractivity contribution in [1.82, 2.24) is 24.6 Å². The molecule has 2 aromatic heterocycles. The molecule has 45 heavy (non-hydrogen) atoms. The Bertz CT molecular complexity index is 1700. The van der Waals surface area contributed by atoms with Crippen molar-refractivity contribution in [1.29, 1.82) is 0 Å². The van der Waals surface area contributed by atoms with E-state index in [1.165, 1.54) is 17.9 Å². The molecular weight excluding hydrogens is 595 g/mol. The van der Waals surface area contributed by atoms with Gasteiger partial charge in [0.25, 0.3) is 5.91 Å². The number of nitrogens with two attached hydrogens (primary N) is 1. The van der Waals surface area contributed by atoms with Gasteiger partial charge in [-0.25, -0.2) is 14.6 Å². The maximum absolute atomic E-state index is 13.2. The van der Waals surface area contributed by atoms with Crippen LogP contribution in [0.5, 0.6) is 0 Å². The normalized spacial score (nSPS) is 19.7. The molecule has 5 N–H and O–H groups in total. The zero-order valence-corrected chi connectivity index (χ0v) is 25.8. The molecule has 236 valence electrons. The first-order valence-corrected chi connectivity index (χ1v) is 16.6. The number of fused-ring (bicyclic) bond motifs is 1. The summed E-state index contributed by atoms with van der Waals surface area (Å²) in [5, 5.41) is 6.95. The van der Waals surface area contributed by atoms with Crippen LogP contribution in [-0.2, 0) is 25.3 Å². The third-order valence-electron chi connectivity index (χ3n) is 7.87. The smallest absolute Gasteiger partial charge is 0.368 e. The topological polar surface area (TPSA) is 170 Å². The number of hydrogen-bond donors (Lipinski definition) is 4. The van der Waals surface area contributed by atoms with Crippen molar-refractivity contribution in [3.63, 3.8) is 0 Å². The predicted octanol–water partition coefficient (Wildman–Crippen LogP) is 4.61. The number of hydroxylamine groups is 1. The van der Waals surface area contributed by atoms with Gasteiger partial charge in [0.1, 0.15) is 6.04 Å². The van der Waals surface area contributed by atoms with Gasteiger partial charge in [-0.3, -0.25) is 19.2 Å². The first kappa shape index (κ1) is 30.7. The van der Waals surface area contributed by atoms with Gasteiger partial charge in [-0.1, -0.05) is 60.7 Å². The van der Waals surface area contributed by atoms with Gasteiger partial charge in [0.05, 0.1) is 31.3 Å². The van der Waals surface area contributed by atoms with E-state index in [2.05, 4.69) is 25.4 Å². The second-order valence-corrected chi connectivity index (χ2v) is 12.9. The number of carbonyl (C=O) groups is 1. The summed E-state index contributed by atoms with van der Waals surface area (Å²) in [6, 6.07) is 17.6. The van der Waals surface area contributed by atoms with Gasteiger partial charge in [0.2, 0.25) is 5.95 Å². The molecule has 14 heteroatoms. The molecule has 2 aliphatic rings. The van der Waals surface area contributed by atoms with Crippen molar-refractivity contribution in [3.05, 3.63) is 84.7 Å². The van der Waals surface area contributed by atoms with Crippen LogP contribution in [0.15, 0.2) is 79.1 Å². The minimum Gasteiger partial charge on any atom is -0.368 e. The second kappa shape index (κ2) is 13.4. The van der Waals surface area contributed by atoms with Gasteiger partial charge in [-0.05, 0) is 49.8 Å². The molecule has 4 atom stereocenters. The minimum absolute atomic E-state index is 0.0692. The van der Waals surface area contributed by atoms with E-state index in [0.29, 0.717) is 35.0 Å². The summed E-state index contributed by atoms with van der Waals surface area (Å²) in [5.41, 5.74) is 8.80.